The Morgan fingerprint density at radius 2 is 2.11 bits per heavy atom. The second-order valence-corrected chi connectivity index (χ2v) is 3.75. The number of ether oxygens (including phenoxy) is 2. The number of carbonyl (C=O) groups is 1. The number of halogens is 3. The molecule has 8 heteroatoms. The van der Waals surface area contributed by atoms with Gasteiger partial charge < -0.3 is 19.8 Å². The molecule has 1 aromatic rings. The molecule has 1 heterocycles. The van der Waals surface area contributed by atoms with Gasteiger partial charge in [0.1, 0.15) is 18.9 Å². The number of hydrogen-bond acceptors (Lipinski definition) is 4. The summed E-state index contributed by atoms with van der Waals surface area (Å²) in [5.41, 5.74) is 6.22. The molecule has 0 amide bonds. The van der Waals surface area contributed by atoms with Gasteiger partial charge in [-0.2, -0.15) is 13.2 Å². The summed E-state index contributed by atoms with van der Waals surface area (Å²) in [5.74, 6) is -0.644. The molecule has 0 atom stereocenters. The van der Waals surface area contributed by atoms with Crippen molar-refractivity contribution in [3.8, 4) is 0 Å². The molecule has 0 saturated carbocycles. The summed E-state index contributed by atoms with van der Waals surface area (Å²) >= 11 is 0. The van der Waals surface area contributed by atoms with Crippen molar-refractivity contribution in [2.75, 3.05) is 25.6 Å². The highest BCUT2D eigenvalue weighted by atomic mass is 19.4. The number of nitrogens with two attached hydrogens (primary N) is 1. The smallest absolute Gasteiger partial charge is 0.411 e. The summed E-state index contributed by atoms with van der Waals surface area (Å²) < 4.78 is 46.0. The molecule has 0 aromatic carbocycles. The van der Waals surface area contributed by atoms with Crippen molar-refractivity contribution < 1.29 is 27.4 Å². The quantitative estimate of drug-likeness (QED) is 0.637. The van der Waals surface area contributed by atoms with Crippen LogP contribution in [0.3, 0.4) is 0 Å². The average Bonchev–Trinajstić information content (AvgIpc) is 2.68. The van der Waals surface area contributed by atoms with Crippen LogP contribution < -0.4 is 5.73 Å². The molecule has 0 bridgehead atoms. The predicted octanol–water partition coefficient (Wildman–Crippen LogP) is 1.83. The van der Waals surface area contributed by atoms with Crippen LogP contribution in [0.5, 0.6) is 0 Å². The highest BCUT2D eigenvalue weighted by Gasteiger charge is 2.27. The van der Waals surface area contributed by atoms with E-state index in [9.17, 15) is 18.0 Å². The number of nitrogen functional groups attached to an aromatic ring is 1. The fourth-order valence-corrected chi connectivity index (χ4v) is 1.42. The molecule has 0 unspecified atom stereocenters. The number of rotatable bonds is 6. The molecule has 0 aliphatic rings. The maximum atomic E-state index is 11.8. The lowest BCUT2D eigenvalue weighted by Gasteiger charge is -2.09. The lowest BCUT2D eigenvalue weighted by Crippen LogP contribution is -2.20. The van der Waals surface area contributed by atoms with Crippen LogP contribution in [0, 0.1) is 0 Å². The van der Waals surface area contributed by atoms with E-state index in [0.717, 1.165) is 0 Å². The molecular formula is C11H15F3N2O3. The lowest BCUT2D eigenvalue weighted by atomic mass is 10.4. The highest BCUT2D eigenvalue weighted by Crippen LogP contribution is 2.14. The number of hydrogen-bond donors (Lipinski definition) is 1. The fraction of sp³-hybridized carbons (Fsp3) is 0.545. The normalized spacial score (nSPS) is 11.6. The lowest BCUT2D eigenvalue weighted by molar-refractivity contribution is -0.175. The zero-order chi connectivity index (χ0) is 14.5. The molecule has 1 rings (SSSR count). The van der Waals surface area contributed by atoms with Gasteiger partial charge in [-0.1, -0.05) is 0 Å². The number of aryl methyl sites for hydroxylation is 1. The molecule has 0 aliphatic heterocycles. The molecule has 1 aromatic heterocycles. The Morgan fingerprint density at radius 3 is 2.68 bits per heavy atom. The van der Waals surface area contributed by atoms with Crippen molar-refractivity contribution >= 4 is 11.7 Å². The molecule has 0 aliphatic carbocycles. The first-order valence-corrected chi connectivity index (χ1v) is 5.60. The second kappa shape index (κ2) is 6.46. The maximum absolute atomic E-state index is 11.8. The summed E-state index contributed by atoms with van der Waals surface area (Å²) in [6, 6.07) is 1.45. The van der Waals surface area contributed by atoms with E-state index in [2.05, 4.69) is 4.74 Å². The van der Waals surface area contributed by atoms with E-state index in [-0.39, 0.29) is 18.9 Å². The van der Waals surface area contributed by atoms with E-state index in [0.29, 0.717) is 12.2 Å². The van der Waals surface area contributed by atoms with E-state index in [1.54, 1.807) is 10.8 Å². The Bertz CT molecular complexity index is 429. The van der Waals surface area contributed by atoms with Crippen molar-refractivity contribution in [2.45, 2.75) is 19.6 Å². The Balaban J connectivity index is 2.35. The van der Waals surface area contributed by atoms with Gasteiger partial charge in [0.2, 0.25) is 0 Å². The Kier molecular flexibility index (Phi) is 5.22. The third kappa shape index (κ3) is 5.21. The molecule has 5 nitrogen and oxygen atoms in total. The Labute approximate surface area is 108 Å². The van der Waals surface area contributed by atoms with Crippen molar-refractivity contribution in [1.29, 1.82) is 0 Å². The minimum Gasteiger partial charge on any atom is -0.459 e. The maximum Gasteiger partial charge on any atom is 0.411 e. The summed E-state index contributed by atoms with van der Waals surface area (Å²) in [4.78, 5) is 11.6. The van der Waals surface area contributed by atoms with Crippen molar-refractivity contribution in [3.05, 3.63) is 18.0 Å². The first-order valence-electron chi connectivity index (χ1n) is 5.60. The average molecular weight is 280 g/mol. The summed E-state index contributed by atoms with van der Waals surface area (Å²) in [6.07, 6.45) is -2.80. The van der Waals surface area contributed by atoms with E-state index in [1.165, 1.54) is 6.07 Å². The number of nitrogens with zero attached hydrogens (tertiary/aromatic N) is 1. The first-order chi connectivity index (χ1) is 8.83. The van der Waals surface area contributed by atoms with Crippen LogP contribution in [0.1, 0.15) is 17.4 Å². The molecule has 0 radical (unpaired) electrons. The molecule has 2 N–H and O–H groups in total. The van der Waals surface area contributed by atoms with Crippen molar-refractivity contribution in [1.82, 2.24) is 4.57 Å². The zero-order valence-corrected chi connectivity index (χ0v) is 10.4. The molecular weight excluding hydrogens is 265 g/mol. The molecule has 0 saturated heterocycles. The van der Waals surface area contributed by atoms with E-state index in [1.807, 2.05) is 6.92 Å². The minimum atomic E-state index is -4.38. The van der Waals surface area contributed by atoms with Crippen LogP contribution in [-0.2, 0) is 16.0 Å². The minimum absolute atomic E-state index is 0.246. The first kappa shape index (κ1) is 15.4. The number of aromatic nitrogens is 1. The number of carbonyl (C=O) groups excluding carboxylic acids is 1. The summed E-state index contributed by atoms with van der Waals surface area (Å²) in [6.45, 7) is 0.439. The van der Waals surface area contributed by atoms with Gasteiger partial charge in [0.05, 0.1) is 12.3 Å². The second-order valence-electron chi connectivity index (χ2n) is 3.75. The van der Waals surface area contributed by atoms with Crippen LogP contribution in [0.2, 0.25) is 0 Å². The van der Waals surface area contributed by atoms with Crippen molar-refractivity contribution in [3.63, 3.8) is 0 Å². The third-order valence-electron chi connectivity index (χ3n) is 2.19. The monoisotopic (exact) mass is 280 g/mol. The topological polar surface area (TPSA) is 66.5 Å². The fourth-order valence-electron chi connectivity index (χ4n) is 1.42. The highest BCUT2D eigenvalue weighted by molar-refractivity contribution is 5.89. The Morgan fingerprint density at radius 1 is 1.42 bits per heavy atom. The molecule has 0 spiro atoms. The number of alkyl halides is 3. The van der Waals surface area contributed by atoms with Gasteiger partial charge in [0.15, 0.2) is 0 Å². The molecule has 19 heavy (non-hydrogen) atoms. The molecule has 108 valence electrons. The van der Waals surface area contributed by atoms with Gasteiger partial charge in [0, 0.05) is 12.7 Å². The van der Waals surface area contributed by atoms with Gasteiger partial charge in [0.25, 0.3) is 0 Å². The van der Waals surface area contributed by atoms with Gasteiger partial charge >= 0.3 is 12.1 Å². The SMILES string of the molecule is CCn1cc(N)cc1C(=O)OCCOCC(F)(F)F. The summed E-state index contributed by atoms with van der Waals surface area (Å²) in [5, 5.41) is 0. The van der Waals surface area contributed by atoms with Gasteiger partial charge in [-0.25, -0.2) is 4.79 Å². The van der Waals surface area contributed by atoms with E-state index < -0.39 is 18.8 Å². The largest absolute Gasteiger partial charge is 0.459 e. The Hall–Kier alpha value is -1.70. The van der Waals surface area contributed by atoms with E-state index >= 15 is 0 Å². The van der Waals surface area contributed by atoms with Gasteiger partial charge in [-0.15, -0.1) is 0 Å². The third-order valence-corrected chi connectivity index (χ3v) is 2.19. The standard InChI is InChI=1S/C11H15F3N2O3/c1-2-16-6-8(15)5-9(16)10(17)19-4-3-18-7-11(12,13)14/h5-6H,2-4,7,15H2,1H3. The van der Waals surface area contributed by atoms with Gasteiger partial charge in [-0.3, -0.25) is 0 Å². The van der Waals surface area contributed by atoms with E-state index in [4.69, 9.17) is 10.5 Å². The predicted molar refractivity (Wildman–Crippen MR) is 61.7 cm³/mol. The molecule has 0 fully saturated rings. The van der Waals surface area contributed by atoms with Crippen LogP contribution in [-0.4, -0.2) is 36.5 Å². The van der Waals surface area contributed by atoms with Gasteiger partial charge in [-0.05, 0) is 13.0 Å². The van der Waals surface area contributed by atoms with Crippen molar-refractivity contribution in [2.24, 2.45) is 0 Å². The van der Waals surface area contributed by atoms with Crippen LogP contribution in [0.15, 0.2) is 12.3 Å². The number of anilines is 1. The zero-order valence-electron chi connectivity index (χ0n) is 10.4. The van der Waals surface area contributed by atoms with Crippen LogP contribution in [0.4, 0.5) is 18.9 Å². The van der Waals surface area contributed by atoms with Crippen LogP contribution >= 0.6 is 0 Å². The van der Waals surface area contributed by atoms with Crippen LogP contribution in [0.25, 0.3) is 0 Å². The number of esters is 1. The summed E-state index contributed by atoms with van der Waals surface area (Å²) in [7, 11) is 0.